The molecule has 1 aliphatic heterocycles. The molecule has 1 aliphatic rings. The summed E-state index contributed by atoms with van der Waals surface area (Å²) in [5.41, 5.74) is 0. The number of carbonyl (C=O) groups excluding carboxylic acids is 1. The van der Waals surface area contributed by atoms with Crippen molar-refractivity contribution in [3.8, 4) is 0 Å². The van der Waals surface area contributed by atoms with E-state index in [-0.39, 0.29) is 13.0 Å². The highest BCUT2D eigenvalue weighted by Crippen LogP contribution is 2.27. The molecule has 17 heavy (non-hydrogen) atoms. The Kier molecular flexibility index (Phi) is 3.97. The van der Waals surface area contributed by atoms with E-state index >= 15 is 0 Å². The third-order valence-corrected chi connectivity index (χ3v) is 2.01. The summed E-state index contributed by atoms with van der Waals surface area (Å²) in [6.07, 6.45) is -6.13. The Labute approximate surface area is 94.1 Å². The monoisotopic (exact) mass is 258 g/mol. The number of rotatable bonds is 4. The fraction of sp³-hybridized carbons (Fsp3) is 0.667. The van der Waals surface area contributed by atoms with Gasteiger partial charge >= 0.3 is 12.3 Å². The van der Waals surface area contributed by atoms with Crippen LogP contribution in [0.2, 0.25) is 0 Å². The predicted octanol–water partition coefficient (Wildman–Crippen LogP) is 2.69. The fourth-order valence-electron chi connectivity index (χ4n) is 1.15. The summed E-state index contributed by atoms with van der Waals surface area (Å²) in [6, 6.07) is 0. The molecule has 0 amide bonds. The van der Waals surface area contributed by atoms with Gasteiger partial charge in [-0.1, -0.05) is 6.92 Å². The number of allylic oxidation sites excluding steroid dienone is 1. The van der Waals surface area contributed by atoms with Crippen LogP contribution in [-0.2, 0) is 14.2 Å². The topological polar surface area (TPSA) is 44.8 Å². The molecular weight excluding hydrogens is 248 g/mol. The summed E-state index contributed by atoms with van der Waals surface area (Å²) >= 11 is 0. The van der Waals surface area contributed by atoms with Crippen LogP contribution >= 0.6 is 0 Å². The van der Waals surface area contributed by atoms with Crippen molar-refractivity contribution in [1.82, 2.24) is 0 Å². The largest absolute Gasteiger partial charge is 0.511 e. The van der Waals surface area contributed by atoms with E-state index < -0.39 is 36.6 Å². The van der Waals surface area contributed by atoms with Crippen LogP contribution < -0.4 is 0 Å². The molecule has 1 heterocycles. The highest BCUT2D eigenvalue weighted by atomic mass is 19.4. The molecule has 98 valence electrons. The van der Waals surface area contributed by atoms with Crippen molar-refractivity contribution >= 4 is 6.16 Å². The minimum atomic E-state index is -4.75. The van der Waals surface area contributed by atoms with E-state index in [4.69, 9.17) is 4.74 Å². The van der Waals surface area contributed by atoms with E-state index in [2.05, 4.69) is 9.47 Å². The maximum atomic E-state index is 12.8. The van der Waals surface area contributed by atoms with Crippen molar-refractivity contribution in [3.05, 3.63) is 11.9 Å². The average molecular weight is 258 g/mol. The SMILES string of the molecule is CCC1(OCC(F)=CC(F)(F)F)COC(=O)O1. The molecule has 0 radical (unpaired) electrons. The highest BCUT2D eigenvalue weighted by Gasteiger charge is 2.42. The first-order valence-electron chi connectivity index (χ1n) is 4.70. The minimum Gasteiger partial charge on any atom is -0.427 e. The van der Waals surface area contributed by atoms with Crippen molar-refractivity contribution in [2.75, 3.05) is 13.2 Å². The number of cyclic esters (lactones) is 2. The summed E-state index contributed by atoms with van der Waals surface area (Å²) in [5, 5.41) is 0. The summed E-state index contributed by atoms with van der Waals surface area (Å²) in [5.74, 6) is -3.01. The zero-order chi connectivity index (χ0) is 13.1. The summed E-state index contributed by atoms with van der Waals surface area (Å²) in [4.78, 5) is 10.7. The molecule has 1 saturated heterocycles. The van der Waals surface area contributed by atoms with Gasteiger partial charge < -0.3 is 14.2 Å². The van der Waals surface area contributed by atoms with Crippen LogP contribution in [0.3, 0.4) is 0 Å². The van der Waals surface area contributed by atoms with E-state index in [0.29, 0.717) is 0 Å². The van der Waals surface area contributed by atoms with E-state index in [0.717, 1.165) is 0 Å². The van der Waals surface area contributed by atoms with Crippen LogP contribution in [0.4, 0.5) is 22.4 Å². The number of hydrogen-bond acceptors (Lipinski definition) is 4. The van der Waals surface area contributed by atoms with Gasteiger partial charge in [-0.05, 0) is 0 Å². The maximum absolute atomic E-state index is 12.8. The number of carbonyl (C=O) groups is 1. The van der Waals surface area contributed by atoms with E-state index in [1.165, 1.54) is 0 Å². The van der Waals surface area contributed by atoms with Gasteiger partial charge in [-0.2, -0.15) is 13.2 Å². The van der Waals surface area contributed by atoms with Gasteiger partial charge in [-0.25, -0.2) is 9.18 Å². The van der Waals surface area contributed by atoms with Crippen molar-refractivity contribution in [2.45, 2.75) is 25.3 Å². The van der Waals surface area contributed by atoms with Crippen molar-refractivity contribution in [1.29, 1.82) is 0 Å². The zero-order valence-electron chi connectivity index (χ0n) is 8.84. The highest BCUT2D eigenvalue weighted by molar-refractivity contribution is 5.62. The van der Waals surface area contributed by atoms with Gasteiger partial charge in [0.25, 0.3) is 5.79 Å². The Hall–Kier alpha value is -1.31. The lowest BCUT2D eigenvalue weighted by Crippen LogP contribution is -2.35. The Balaban J connectivity index is 2.55. The van der Waals surface area contributed by atoms with Gasteiger partial charge in [0, 0.05) is 6.42 Å². The van der Waals surface area contributed by atoms with Crippen molar-refractivity contribution < 1.29 is 36.6 Å². The third-order valence-electron chi connectivity index (χ3n) is 2.01. The molecule has 0 aromatic heterocycles. The molecule has 0 N–H and O–H groups in total. The Bertz CT molecular complexity index is 325. The van der Waals surface area contributed by atoms with Crippen LogP contribution in [-0.4, -0.2) is 31.3 Å². The normalized spacial score (nSPS) is 25.7. The molecule has 8 heteroatoms. The lowest BCUT2D eigenvalue weighted by Gasteiger charge is -2.22. The number of alkyl halides is 3. The van der Waals surface area contributed by atoms with Crippen LogP contribution in [0.1, 0.15) is 13.3 Å². The van der Waals surface area contributed by atoms with E-state index in [1.54, 1.807) is 6.92 Å². The predicted molar refractivity (Wildman–Crippen MR) is 46.7 cm³/mol. The minimum absolute atomic E-state index is 0.137. The first-order chi connectivity index (χ1) is 7.76. The molecule has 0 bridgehead atoms. The molecule has 0 saturated carbocycles. The molecule has 0 aromatic rings. The number of ether oxygens (including phenoxy) is 3. The number of halogens is 4. The van der Waals surface area contributed by atoms with Crippen LogP contribution in [0.15, 0.2) is 11.9 Å². The van der Waals surface area contributed by atoms with E-state index in [1.807, 2.05) is 0 Å². The molecule has 1 unspecified atom stereocenters. The second-order valence-corrected chi connectivity index (χ2v) is 3.33. The maximum Gasteiger partial charge on any atom is 0.511 e. The summed E-state index contributed by atoms with van der Waals surface area (Å²) in [6.45, 7) is 0.346. The quantitative estimate of drug-likeness (QED) is 0.574. The summed E-state index contributed by atoms with van der Waals surface area (Å²) in [7, 11) is 0. The zero-order valence-corrected chi connectivity index (χ0v) is 8.84. The second-order valence-electron chi connectivity index (χ2n) is 3.33. The molecule has 1 rings (SSSR count). The first kappa shape index (κ1) is 13.8. The van der Waals surface area contributed by atoms with Crippen LogP contribution in [0.5, 0.6) is 0 Å². The molecule has 0 spiro atoms. The standard InChI is InChI=1S/C9H10F4O4/c1-2-8(5-15-7(14)17-8)16-4-6(10)3-9(11,12)13/h3H,2,4-5H2,1H3. The van der Waals surface area contributed by atoms with Gasteiger partial charge in [0.15, 0.2) is 6.61 Å². The summed E-state index contributed by atoms with van der Waals surface area (Å²) < 4.78 is 62.0. The molecular formula is C9H10F4O4. The molecule has 1 atom stereocenters. The smallest absolute Gasteiger partial charge is 0.427 e. The van der Waals surface area contributed by atoms with E-state index in [9.17, 15) is 22.4 Å². The van der Waals surface area contributed by atoms with Gasteiger partial charge in [0.1, 0.15) is 12.4 Å². The Morgan fingerprint density at radius 1 is 1.59 bits per heavy atom. The molecule has 0 aromatic carbocycles. The van der Waals surface area contributed by atoms with Gasteiger partial charge in [0.05, 0.1) is 6.08 Å². The first-order valence-corrected chi connectivity index (χ1v) is 4.70. The van der Waals surface area contributed by atoms with Crippen molar-refractivity contribution in [3.63, 3.8) is 0 Å². The van der Waals surface area contributed by atoms with Gasteiger partial charge in [-0.15, -0.1) is 0 Å². The Morgan fingerprint density at radius 2 is 2.24 bits per heavy atom. The lowest BCUT2D eigenvalue weighted by molar-refractivity contribution is -0.178. The molecule has 0 aliphatic carbocycles. The van der Waals surface area contributed by atoms with Crippen LogP contribution in [0.25, 0.3) is 0 Å². The van der Waals surface area contributed by atoms with Gasteiger partial charge in [-0.3, -0.25) is 0 Å². The number of hydrogen-bond donors (Lipinski definition) is 0. The van der Waals surface area contributed by atoms with Crippen molar-refractivity contribution in [2.24, 2.45) is 0 Å². The Morgan fingerprint density at radius 3 is 2.65 bits per heavy atom. The van der Waals surface area contributed by atoms with Gasteiger partial charge in [0.2, 0.25) is 0 Å². The molecule has 1 fully saturated rings. The third kappa shape index (κ3) is 4.22. The average Bonchev–Trinajstić information content (AvgIpc) is 2.56. The van der Waals surface area contributed by atoms with Crippen LogP contribution in [0, 0.1) is 0 Å². The second kappa shape index (κ2) is 4.91. The lowest BCUT2D eigenvalue weighted by atomic mass is 10.2. The fourth-order valence-corrected chi connectivity index (χ4v) is 1.15. The molecule has 4 nitrogen and oxygen atoms in total.